The predicted octanol–water partition coefficient (Wildman–Crippen LogP) is 7.06. The molecular formula is C24H20N4O2S3. The molecule has 5 aromatic heterocycles. The third kappa shape index (κ3) is 3.59. The summed E-state index contributed by atoms with van der Waals surface area (Å²) in [5.41, 5.74) is 2.89. The first-order valence-corrected chi connectivity index (χ1v) is 13.8. The lowest BCUT2D eigenvalue weighted by atomic mass is 9.99. The minimum atomic E-state index is 0.526. The second-order valence-corrected chi connectivity index (χ2v) is 11.9. The largest absolute Gasteiger partial charge is 0.414 e. The lowest BCUT2D eigenvalue weighted by molar-refractivity contribution is 0.587. The first-order chi connectivity index (χ1) is 16.3. The van der Waals surface area contributed by atoms with E-state index in [-0.39, 0.29) is 0 Å². The molecule has 33 heavy (non-hydrogen) atoms. The number of aryl methyl sites for hydroxylation is 4. The van der Waals surface area contributed by atoms with Gasteiger partial charge in [0.05, 0.1) is 19.5 Å². The summed E-state index contributed by atoms with van der Waals surface area (Å²) in [5.74, 6) is 2.25. The van der Waals surface area contributed by atoms with Crippen LogP contribution in [0.15, 0.2) is 33.1 Å². The van der Waals surface area contributed by atoms with Gasteiger partial charge in [0.25, 0.3) is 23.6 Å². The van der Waals surface area contributed by atoms with Crippen molar-refractivity contribution in [2.24, 2.45) is 0 Å². The van der Waals surface area contributed by atoms with Gasteiger partial charge in [-0.25, -0.2) is 0 Å². The number of thiophene rings is 3. The molecule has 2 aliphatic rings. The van der Waals surface area contributed by atoms with Crippen LogP contribution in [0.25, 0.3) is 43.1 Å². The quantitative estimate of drug-likeness (QED) is 0.267. The molecule has 0 bridgehead atoms. The Morgan fingerprint density at radius 3 is 1.39 bits per heavy atom. The maximum absolute atomic E-state index is 6.04. The lowest BCUT2D eigenvalue weighted by Crippen LogP contribution is -1.96. The molecular weight excluding hydrogens is 472 g/mol. The van der Waals surface area contributed by atoms with E-state index in [4.69, 9.17) is 8.83 Å². The van der Waals surface area contributed by atoms with E-state index < -0.39 is 0 Å². The zero-order valence-electron chi connectivity index (χ0n) is 17.8. The van der Waals surface area contributed by atoms with Crippen molar-refractivity contribution in [3.05, 3.63) is 45.1 Å². The molecule has 9 heteroatoms. The van der Waals surface area contributed by atoms with Gasteiger partial charge < -0.3 is 8.83 Å². The van der Waals surface area contributed by atoms with Crippen molar-refractivity contribution in [2.45, 2.75) is 51.4 Å². The monoisotopic (exact) mass is 492 g/mol. The van der Waals surface area contributed by atoms with E-state index in [1.807, 2.05) is 12.1 Å². The summed E-state index contributed by atoms with van der Waals surface area (Å²) in [7, 11) is 0. The van der Waals surface area contributed by atoms with Crippen LogP contribution >= 0.6 is 34.0 Å². The minimum Gasteiger partial charge on any atom is -0.414 e. The second kappa shape index (κ2) is 8.00. The third-order valence-corrected chi connectivity index (χ3v) is 9.80. The molecule has 7 rings (SSSR count). The van der Waals surface area contributed by atoms with E-state index >= 15 is 0 Å². The average molecular weight is 493 g/mol. The van der Waals surface area contributed by atoms with Gasteiger partial charge in [0, 0.05) is 9.75 Å². The molecule has 0 spiro atoms. The Bertz CT molecular complexity index is 1300. The van der Waals surface area contributed by atoms with Crippen LogP contribution in [0, 0.1) is 0 Å². The molecule has 6 nitrogen and oxygen atoms in total. The Morgan fingerprint density at radius 1 is 0.515 bits per heavy atom. The summed E-state index contributed by atoms with van der Waals surface area (Å²) in [5, 5.41) is 17.2. The number of hydrogen-bond acceptors (Lipinski definition) is 9. The van der Waals surface area contributed by atoms with Crippen molar-refractivity contribution < 1.29 is 8.83 Å². The molecule has 166 valence electrons. The molecule has 2 aliphatic carbocycles. The number of nitrogens with zero attached hydrogens (tertiary/aromatic N) is 4. The number of rotatable bonds is 4. The van der Waals surface area contributed by atoms with Crippen molar-refractivity contribution in [3.63, 3.8) is 0 Å². The first kappa shape index (κ1) is 19.8. The Labute approximate surface area is 202 Å². The van der Waals surface area contributed by atoms with E-state index in [2.05, 4.69) is 32.5 Å². The van der Waals surface area contributed by atoms with E-state index in [1.165, 1.54) is 57.9 Å². The van der Waals surface area contributed by atoms with Gasteiger partial charge in [-0.15, -0.1) is 54.4 Å². The fourth-order valence-corrected chi connectivity index (χ4v) is 7.80. The van der Waals surface area contributed by atoms with Crippen LogP contribution in [-0.2, 0) is 25.7 Å². The van der Waals surface area contributed by atoms with Gasteiger partial charge in [0.15, 0.2) is 0 Å². The highest BCUT2D eigenvalue weighted by Crippen LogP contribution is 2.40. The molecule has 0 N–H and O–H groups in total. The van der Waals surface area contributed by atoms with Crippen molar-refractivity contribution in [1.29, 1.82) is 0 Å². The van der Waals surface area contributed by atoms with Crippen LogP contribution in [-0.4, -0.2) is 20.4 Å². The van der Waals surface area contributed by atoms with E-state index in [9.17, 15) is 0 Å². The molecule has 0 saturated heterocycles. The van der Waals surface area contributed by atoms with Crippen molar-refractivity contribution in [1.82, 2.24) is 20.4 Å². The molecule has 5 heterocycles. The zero-order chi connectivity index (χ0) is 21.8. The summed E-state index contributed by atoms with van der Waals surface area (Å²) in [4.78, 5) is 6.87. The Hall–Kier alpha value is -2.62. The standard InChI is InChI=1S/C24H20N4O2S3/c1-3-7-15-13(5-1)11-19(31-15)23-27-25-21(29-23)17-9-10-18(33-17)22-26-28-24(30-22)20-12-14-6-2-4-8-16(14)32-20/h9-12H,1-8H2. The lowest BCUT2D eigenvalue weighted by Gasteiger charge is -2.08. The van der Waals surface area contributed by atoms with E-state index in [0.717, 1.165) is 45.2 Å². The van der Waals surface area contributed by atoms with E-state index in [0.29, 0.717) is 23.6 Å². The summed E-state index contributed by atoms with van der Waals surface area (Å²) >= 11 is 5.09. The van der Waals surface area contributed by atoms with Crippen LogP contribution in [0.2, 0.25) is 0 Å². The zero-order valence-corrected chi connectivity index (χ0v) is 20.2. The van der Waals surface area contributed by atoms with Gasteiger partial charge >= 0.3 is 0 Å². The molecule has 0 atom stereocenters. The number of aromatic nitrogens is 4. The van der Waals surface area contributed by atoms with Gasteiger partial charge in [0.2, 0.25) is 0 Å². The maximum atomic E-state index is 6.04. The highest BCUT2D eigenvalue weighted by molar-refractivity contribution is 7.18. The minimum absolute atomic E-state index is 0.526. The van der Waals surface area contributed by atoms with Gasteiger partial charge in [-0.3, -0.25) is 0 Å². The second-order valence-electron chi connectivity index (χ2n) is 8.52. The fraction of sp³-hybridized carbons (Fsp3) is 0.333. The molecule has 0 aromatic carbocycles. The molecule has 0 fully saturated rings. The fourth-order valence-electron chi connectivity index (χ4n) is 4.60. The van der Waals surface area contributed by atoms with Crippen LogP contribution < -0.4 is 0 Å². The molecule has 0 amide bonds. The van der Waals surface area contributed by atoms with Gasteiger partial charge in [0.1, 0.15) is 0 Å². The Kier molecular flexibility index (Phi) is 4.80. The SMILES string of the molecule is c1cc(-c2nnc(-c3cc4c(s3)CCCC4)o2)sc1-c1nnc(-c2cc3c(s2)CCCC3)o1. The van der Waals surface area contributed by atoms with Gasteiger partial charge in [-0.2, -0.15) is 0 Å². The molecule has 0 unspecified atom stereocenters. The topological polar surface area (TPSA) is 77.8 Å². The third-order valence-electron chi connectivity index (χ3n) is 6.29. The molecule has 0 saturated carbocycles. The summed E-state index contributed by atoms with van der Waals surface area (Å²) in [6.07, 6.45) is 9.71. The predicted molar refractivity (Wildman–Crippen MR) is 131 cm³/mol. The smallest absolute Gasteiger partial charge is 0.258 e. The van der Waals surface area contributed by atoms with Crippen LogP contribution in [0.4, 0.5) is 0 Å². The summed E-state index contributed by atoms with van der Waals surface area (Å²) in [6, 6.07) is 8.40. The van der Waals surface area contributed by atoms with E-state index in [1.54, 1.807) is 22.7 Å². The Morgan fingerprint density at radius 2 is 0.939 bits per heavy atom. The Balaban J connectivity index is 1.14. The van der Waals surface area contributed by atoms with Gasteiger partial charge in [-0.05, 0) is 86.8 Å². The van der Waals surface area contributed by atoms with Crippen LogP contribution in [0.1, 0.15) is 46.6 Å². The highest BCUT2D eigenvalue weighted by atomic mass is 32.1. The summed E-state index contributed by atoms with van der Waals surface area (Å²) < 4.78 is 12.1. The van der Waals surface area contributed by atoms with Crippen LogP contribution in [0.5, 0.6) is 0 Å². The first-order valence-electron chi connectivity index (χ1n) is 11.3. The van der Waals surface area contributed by atoms with Crippen molar-refractivity contribution >= 4 is 34.0 Å². The number of hydrogen-bond donors (Lipinski definition) is 0. The summed E-state index contributed by atoms with van der Waals surface area (Å²) in [6.45, 7) is 0. The highest BCUT2D eigenvalue weighted by Gasteiger charge is 2.21. The van der Waals surface area contributed by atoms with Crippen molar-refractivity contribution in [2.75, 3.05) is 0 Å². The maximum Gasteiger partial charge on any atom is 0.258 e. The normalized spacial score (nSPS) is 15.5. The molecule has 0 aliphatic heterocycles. The molecule has 5 aromatic rings. The van der Waals surface area contributed by atoms with Crippen molar-refractivity contribution in [3.8, 4) is 43.1 Å². The number of fused-ring (bicyclic) bond motifs is 2. The van der Waals surface area contributed by atoms with Gasteiger partial charge in [-0.1, -0.05) is 0 Å². The molecule has 0 radical (unpaired) electrons. The van der Waals surface area contributed by atoms with Crippen LogP contribution in [0.3, 0.4) is 0 Å². The average Bonchev–Trinajstić information content (AvgIpc) is 3.66.